The topological polar surface area (TPSA) is 116 Å². The van der Waals surface area contributed by atoms with Crippen LogP contribution in [0.5, 0.6) is 5.75 Å². The summed E-state index contributed by atoms with van der Waals surface area (Å²) in [6.07, 6.45) is 0.0170. The Balaban J connectivity index is 1.50. The van der Waals surface area contributed by atoms with Gasteiger partial charge in [0.1, 0.15) is 23.4 Å². The van der Waals surface area contributed by atoms with Gasteiger partial charge in [-0.05, 0) is 72.1 Å². The van der Waals surface area contributed by atoms with Gasteiger partial charge in [0.2, 0.25) is 0 Å². The second kappa shape index (κ2) is 13.0. The first-order valence-electron chi connectivity index (χ1n) is 13.2. The van der Waals surface area contributed by atoms with Crippen LogP contribution in [-0.4, -0.2) is 38.2 Å². The lowest BCUT2D eigenvalue weighted by Gasteiger charge is -2.14. The van der Waals surface area contributed by atoms with Gasteiger partial charge in [-0.1, -0.05) is 48.5 Å². The number of nitrogens with zero attached hydrogens (tertiary/aromatic N) is 2. The number of esters is 1. The monoisotopic (exact) mass is 578 g/mol. The number of rotatable bonds is 11. The quantitative estimate of drug-likeness (QED) is 0.109. The van der Waals surface area contributed by atoms with Crippen LogP contribution in [-0.2, 0) is 22.6 Å². The van der Waals surface area contributed by atoms with E-state index in [1.54, 1.807) is 73.7 Å². The van der Waals surface area contributed by atoms with Crippen molar-refractivity contribution < 1.29 is 29.0 Å². The summed E-state index contributed by atoms with van der Waals surface area (Å²) in [6.45, 7) is 2.35. The fourth-order valence-corrected chi connectivity index (χ4v) is 4.96. The Kier molecular flexibility index (Phi) is 8.79. The van der Waals surface area contributed by atoms with E-state index in [0.29, 0.717) is 45.6 Å². The number of fused-ring (bicyclic) bond motifs is 1. The van der Waals surface area contributed by atoms with E-state index in [-0.39, 0.29) is 24.2 Å². The predicted molar refractivity (Wildman–Crippen MR) is 160 cm³/mol. The third-order valence-electron chi connectivity index (χ3n) is 6.54. The lowest BCUT2D eigenvalue weighted by atomic mass is 9.89. The molecule has 0 amide bonds. The number of carbonyl (C=O) groups excluding carboxylic acids is 2. The molecule has 5 aromatic rings. The lowest BCUT2D eigenvalue weighted by molar-refractivity contribution is -0.130. The molecule has 42 heavy (non-hydrogen) atoms. The fourth-order valence-electron chi connectivity index (χ4n) is 4.44. The van der Waals surface area contributed by atoms with Crippen LogP contribution in [0, 0.1) is 0 Å². The van der Waals surface area contributed by atoms with Crippen molar-refractivity contribution in [1.82, 2.24) is 8.75 Å². The molecular formula is C33H26N2O6S. The Labute approximate surface area is 246 Å². The van der Waals surface area contributed by atoms with Gasteiger partial charge in [-0.25, -0.2) is 9.59 Å². The lowest BCUT2D eigenvalue weighted by Crippen LogP contribution is -2.14. The molecule has 9 heteroatoms. The number of ketones is 1. The van der Waals surface area contributed by atoms with Gasteiger partial charge in [-0.3, -0.25) is 4.79 Å². The van der Waals surface area contributed by atoms with Crippen molar-refractivity contribution in [3.05, 3.63) is 130 Å². The number of benzene rings is 4. The van der Waals surface area contributed by atoms with Crippen molar-refractivity contribution in [1.29, 1.82) is 0 Å². The SMILES string of the molecule is CCOC(=O)c1ccc(CC(C(=O)c2ccc(OCc3ccccc3)cc2)=C(C(=O)O)c2ccc3nsnc3c2)cc1. The van der Waals surface area contributed by atoms with Crippen molar-refractivity contribution in [2.75, 3.05) is 6.61 Å². The van der Waals surface area contributed by atoms with Gasteiger partial charge in [-0.15, -0.1) is 0 Å². The summed E-state index contributed by atoms with van der Waals surface area (Å²) in [5.74, 6) is -1.56. The van der Waals surface area contributed by atoms with E-state index < -0.39 is 17.7 Å². The zero-order chi connectivity index (χ0) is 29.5. The van der Waals surface area contributed by atoms with Crippen molar-refractivity contribution in [3.63, 3.8) is 0 Å². The van der Waals surface area contributed by atoms with Gasteiger partial charge in [-0.2, -0.15) is 8.75 Å². The molecule has 0 aliphatic heterocycles. The van der Waals surface area contributed by atoms with Crippen LogP contribution >= 0.6 is 11.7 Å². The maximum atomic E-state index is 14.0. The van der Waals surface area contributed by atoms with E-state index in [1.165, 1.54) is 0 Å². The van der Waals surface area contributed by atoms with Crippen LogP contribution in [0.15, 0.2) is 103 Å². The van der Waals surface area contributed by atoms with E-state index >= 15 is 0 Å². The molecule has 1 heterocycles. The Bertz CT molecular complexity index is 1760. The molecule has 0 saturated heterocycles. The molecule has 5 rings (SSSR count). The van der Waals surface area contributed by atoms with Crippen LogP contribution in [0.2, 0.25) is 0 Å². The molecule has 0 fully saturated rings. The first-order chi connectivity index (χ1) is 20.4. The van der Waals surface area contributed by atoms with Crippen LogP contribution in [0.1, 0.15) is 44.3 Å². The highest BCUT2D eigenvalue weighted by molar-refractivity contribution is 7.00. The van der Waals surface area contributed by atoms with Gasteiger partial charge in [0, 0.05) is 17.6 Å². The third kappa shape index (κ3) is 6.59. The number of aromatic nitrogens is 2. The molecular weight excluding hydrogens is 552 g/mol. The normalized spacial score (nSPS) is 11.5. The highest BCUT2D eigenvalue weighted by atomic mass is 32.1. The van der Waals surface area contributed by atoms with Gasteiger partial charge < -0.3 is 14.6 Å². The summed E-state index contributed by atoms with van der Waals surface area (Å²) >= 11 is 1.03. The Morgan fingerprint density at radius 2 is 1.43 bits per heavy atom. The summed E-state index contributed by atoms with van der Waals surface area (Å²) in [5.41, 5.74) is 3.83. The van der Waals surface area contributed by atoms with E-state index in [4.69, 9.17) is 9.47 Å². The number of hydrogen-bond acceptors (Lipinski definition) is 8. The highest BCUT2D eigenvalue weighted by Crippen LogP contribution is 2.28. The molecule has 0 aliphatic rings. The predicted octanol–water partition coefficient (Wildman–Crippen LogP) is 6.41. The molecule has 0 aliphatic carbocycles. The number of Topliss-reactive ketones (excluding diaryl/α,β-unsaturated/α-hetero) is 1. The summed E-state index contributed by atoms with van der Waals surface area (Å²) < 4.78 is 19.3. The molecule has 210 valence electrons. The molecule has 0 unspecified atom stereocenters. The first-order valence-corrected chi connectivity index (χ1v) is 13.9. The molecule has 0 spiro atoms. The van der Waals surface area contributed by atoms with Crippen molar-refractivity contribution in [2.45, 2.75) is 20.0 Å². The van der Waals surface area contributed by atoms with E-state index in [2.05, 4.69) is 8.75 Å². The van der Waals surface area contributed by atoms with Crippen LogP contribution in [0.4, 0.5) is 0 Å². The maximum absolute atomic E-state index is 14.0. The molecule has 8 nitrogen and oxygen atoms in total. The first kappa shape index (κ1) is 28.4. The number of hydrogen-bond donors (Lipinski definition) is 1. The van der Waals surface area contributed by atoms with Crippen LogP contribution < -0.4 is 4.74 Å². The molecule has 0 atom stereocenters. The smallest absolute Gasteiger partial charge is 0.338 e. The number of carbonyl (C=O) groups is 3. The highest BCUT2D eigenvalue weighted by Gasteiger charge is 2.24. The number of aliphatic carboxylic acids is 1. The van der Waals surface area contributed by atoms with Crippen molar-refractivity contribution in [3.8, 4) is 5.75 Å². The van der Waals surface area contributed by atoms with Crippen LogP contribution in [0.3, 0.4) is 0 Å². The van der Waals surface area contributed by atoms with Crippen molar-refractivity contribution in [2.24, 2.45) is 0 Å². The molecule has 1 aromatic heterocycles. The average Bonchev–Trinajstić information content (AvgIpc) is 3.49. The molecule has 0 radical (unpaired) electrons. The average molecular weight is 579 g/mol. The van der Waals surface area contributed by atoms with Gasteiger partial charge in [0.05, 0.1) is 29.5 Å². The minimum atomic E-state index is -1.24. The molecule has 0 saturated carbocycles. The minimum absolute atomic E-state index is 0.0170. The standard InChI is InChI=1S/C33H26N2O6S/c1-2-40-33(39)24-10-8-21(9-11-24)18-27(30(32(37)38)25-14-17-28-29(19-25)35-42-34-28)31(36)23-12-15-26(16-13-23)41-20-22-6-4-3-5-7-22/h3-17,19H,2,18,20H2,1H3,(H,37,38). The van der Waals surface area contributed by atoms with Crippen LogP contribution in [0.25, 0.3) is 16.6 Å². The van der Waals surface area contributed by atoms with Gasteiger partial charge in [0.15, 0.2) is 5.78 Å². The number of ether oxygens (including phenoxy) is 2. The van der Waals surface area contributed by atoms with Gasteiger partial charge in [0.25, 0.3) is 0 Å². The number of carboxylic acid groups (broad SMARTS) is 1. The zero-order valence-corrected chi connectivity index (χ0v) is 23.5. The Morgan fingerprint density at radius 1 is 0.762 bits per heavy atom. The molecule has 0 bridgehead atoms. The number of allylic oxidation sites excluding steroid dienone is 1. The Hall–Kier alpha value is -5.15. The largest absolute Gasteiger partial charge is 0.489 e. The second-order valence-electron chi connectivity index (χ2n) is 9.35. The fraction of sp³-hybridized carbons (Fsp3) is 0.121. The van der Waals surface area contributed by atoms with Crippen molar-refractivity contribution >= 4 is 46.1 Å². The van der Waals surface area contributed by atoms with Gasteiger partial charge >= 0.3 is 11.9 Å². The summed E-state index contributed by atoms with van der Waals surface area (Å²) in [5, 5.41) is 10.4. The van der Waals surface area contributed by atoms with E-state index in [1.807, 2.05) is 30.3 Å². The molecule has 4 aromatic carbocycles. The van der Waals surface area contributed by atoms with E-state index in [0.717, 1.165) is 17.3 Å². The summed E-state index contributed by atoms with van der Waals surface area (Å²) in [6, 6.07) is 27.9. The third-order valence-corrected chi connectivity index (χ3v) is 7.10. The summed E-state index contributed by atoms with van der Waals surface area (Å²) in [4.78, 5) is 38.8. The Morgan fingerprint density at radius 3 is 2.12 bits per heavy atom. The minimum Gasteiger partial charge on any atom is -0.489 e. The zero-order valence-electron chi connectivity index (χ0n) is 22.7. The van der Waals surface area contributed by atoms with E-state index in [9.17, 15) is 19.5 Å². The molecule has 1 N–H and O–H groups in total. The second-order valence-corrected chi connectivity index (χ2v) is 9.88. The maximum Gasteiger partial charge on any atom is 0.338 e. The summed E-state index contributed by atoms with van der Waals surface area (Å²) in [7, 11) is 0. The number of carboxylic acids is 1.